The number of rotatable bonds is 6. The molecule has 25 heavy (non-hydrogen) atoms. The molecular formula is C22H23NO2. The Morgan fingerprint density at radius 3 is 2.56 bits per heavy atom. The summed E-state index contributed by atoms with van der Waals surface area (Å²) in [6.07, 6.45) is 2.00. The molecule has 0 amide bonds. The van der Waals surface area contributed by atoms with E-state index in [0.29, 0.717) is 6.42 Å². The molecule has 2 aromatic carbocycles. The lowest BCUT2D eigenvalue weighted by molar-refractivity contribution is -0.140. The van der Waals surface area contributed by atoms with Gasteiger partial charge in [-0.2, -0.15) is 0 Å². The second-order valence-electron chi connectivity index (χ2n) is 6.38. The summed E-state index contributed by atoms with van der Waals surface area (Å²) in [5.41, 5.74) is 4.53. The third-order valence-electron chi connectivity index (χ3n) is 4.61. The molecule has 0 saturated heterocycles. The third-order valence-corrected chi connectivity index (χ3v) is 4.61. The number of hydrogen-bond acceptors (Lipinski definition) is 3. The van der Waals surface area contributed by atoms with Gasteiger partial charge >= 0.3 is 5.97 Å². The SMILES string of the molecule is COC(=O)CCC(Cc1ccccc1)c1cc(C)c2ccccc2n1. The van der Waals surface area contributed by atoms with Crippen LogP contribution in [0.25, 0.3) is 10.9 Å². The van der Waals surface area contributed by atoms with Crippen LogP contribution in [0.3, 0.4) is 0 Å². The van der Waals surface area contributed by atoms with Gasteiger partial charge < -0.3 is 4.74 Å². The topological polar surface area (TPSA) is 39.2 Å². The number of nitrogens with zero attached hydrogens (tertiary/aromatic N) is 1. The van der Waals surface area contributed by atoms with Crippen LogP contribution in [0, 0.1) is 6.92 Å². The van der Waals surface area contributed by atoms with Crippen LogP contribution in [0.4, 0.5) is 0 Å². The lowest BCUT2D eigenvalue weighted by atomic mass is 9.90. The summed E-state index contributed by atoms with van der Waals surface area (Å²) in [5.74, 6) is 0.0142. The summed E-state index contributed by atoms with van der Waals surface area (Å²) in [6, 6.07) is 20.7. The molecule has 3 aromatic rings. The summed E-state index contributed by atoms with van der Waals surface area (Å²) in [6.45, 7) is 2.12. The normalized spacial score (nSPS) is 12.1. The van der Waals surface area contributed by atoms with Gasteiger partial charge in [-0.05, 0) is 43.0 Å². The maximum atomic E-state index is 11.6. The van der Waals surface area contributed by atoms with E-state index >= 15 is 0 Å². The van der Waals surface area contributed by atoms with Crippen LogP contribution in [0.1, 0.15) is 35.6 Å². The molecule has 0 aliphatic carbocycles. The Balaban J connectivity index is 1.93. The Labute approximate surface area is 148 Å². The van der Waals surface area contributed by atoms with Gasteiger partial charge in [0.1, 0.15) is 0 Å². The van der Waals surface area contributed by atoms with Crippen molar-refractivity contribution < 1.29 is 9.53 Å². The van der Waals surface area contributed by atoms with Crippen LogP contribution in [-0.2, 0) is 16.0 Å². The number of fused-ring (bicyclic) bond motifs is 1. The van der Waals surface area contributed by atoms with Gasteiger partial charge in [0.2, 0.25) is 0 Å². The summed E-state index contributed by atoms with van der Waals surface area (Å²) in [5, 5.41) is 1.18. The van der Waals surface area contributed by atoms with Crippen molar-refractivity contribution >= 4 is 16.9 Å². The lowest BCUT2D eigenvalue weighted by Gasteiger charge is -2.18. The number of benzene rings is 2. The van der Waals surface area contributed by atoms with Crippen LogP contribution >= 0.6 is 0 Å². The number of aromatic nitrogens is 1. The van der Waals surface area contributed by atoms with Gasteiger partial charge in [0, 0.05) is 23.4 Å². The molecule has 1 unspecified atom stereocenters. The molecule has 0 radical (unpaired) electrons. The third kappa shape index (κ3) is 4.24. The first-order valence-electron chi connectivity index (χ1n) is 8.64. The molecule has 1 atom stereocenters. The van der Waals surface area contributed by atoms with Gasteiger partial charge in [-0.25, -0.2) is 0 Å². The molecule has 128 valence electrons. The highest BCUT2D eigenvalue weighted by molar-refractivity contribution is 5.82. The molecule has 0 aliphatic heterocycles. The molecule has 1 aromatic heterocycles. The van der Waals surface area contributed by atoms with E-state index < -0.39 is 0 Å². The van der Waals surface area contributed by atoms with E-state index in [-0.39, 0.29) is 11.9 Å². The molecule has 0 saturated carbocycles. The van der Waals surface area contributed by atoms with Gasteiger partial charge in [0.25, 0.3) is 0 Å². The first kappa shape index (κ1) is 17.2. The van der Waals surface area contributed by atoms with Gasteiger partial charge in [-0.3, -0.25) is 9.78 Å². The molecule has 3 rings (SSSR count). The largest absolute Gasteiger partial charge is 0.469 e. The highest BCUT2D eigenvalue weighted by Crippen LogP contribution is 2.28. The molecule has 0 bridgehead atoms. The van der Waals surface area contributed by atoms with Crippen LogP contribution in [0.2, 0.25) is 0 Å². The number of carbonyl (C=O) groups excluding carboxylic acids is 1. The minimum absolute atomic E-state index is 0.171. The van der Waals surface area contributed by atoms with Crippen LogP contribution in [0.5, 0.6) is 0 Å². The number of carbonyl (C=O) groups is 1. The maximum Gasteiger partial charge on any atom is 0.305 e. The molecule has 0 fully saturated rings. The van der Waals surface area contributed by atoms with Crippen LogP contribution in [-0.4, -0.2) is 18.1 Å². The number of hydrogen-bond donors (Lipinski definition) is 0. The fourth-order valence-corrected chi connectivity index (χ4v) is 3.23. The summed E-state index contributed by atoms with van der Waals surface area (Å²) in [4.78, 5) is 16.5. The van der Waals surface area contributed by atoms with E-state index in [9.17, 15) is 4.79 Å². The van der Waals surface area contributed by atoms with Crippen LogP contribution in [0.15, 0.2) is 60.7 Å². The quantitative estimate of drug-likeness (QED) is 0.607. The smallest absolute Gasteiger partial charge is 0.305 e. The average Bonchev–Trinajstić information content (AvgIpc) is 2.65. The van der Waals surface area contributed by atoms with Crippen molar-refractivity contribution in [3.63, 3.8) is 0 Å². The predicted octanol–water partition coefficient (Wildman–Crippen LogP) is 4.82. The maximum absolute atomic E-state index is 11.6. The fourth-order valence-electron chi connectivity index (χ4n) is 3.23. The molecule has 0 N–H and O–H groups in total. The molecule has 3 heteroatoms. The summed E-state index contributed by atoms with van der Waals surface area (Å²) >= 11 is 0. The zero-order chi connectivity index (χ0) is 17.6. The Morgan fingerprint density at radius 1 is 1.08 bits per heavy atom. The Hall–Kier alpha value is -2.68. The average molecular weight is 333 g/mol. The number of esters is 1. The zero-order valence-corrected chi connectivity index (χ0v) is 14.7. The zero-order valence-electron chi connectivity index (χ0n) is 14.7. The number of pyridine rings is 1. The highest BCUT2D eigenvalue weighted by Gasteiger charge is 2.17. The summed E-state index contributed by atoms with van der Waals surface area (Å²) < 4.78 is 4.82. The van der Waals surface area contributed by atoms with Crippen molar-refractivity contribution in [1.29, 1.82) is 0 Å². The van der Waals surface area contributed by atoms with Crippen molar-refractivity contribution in [3.05, 3.63) is 77.5 Å². The van der Waals surface area contributed by atoms with Crippen molar-refractivity contribution in [2.24, 2.45) is 0 Å². The first-order chi connectivity index (χ1) is 12.2. The molecule has 0 aliphatic rings. The fraction of sp³-hybridized carbons (Fsp3) is 0.273. The number of para-hydroxylation sites is 1. The van der Waals surface area contributed by atoms with Crippen molar-refractivity contribution in [2.45, 2.75) is 32.1 Å². The molecular weight excluding hydrogens is 310 g/mol. The van der Waals surface area contributed by atoms with Crippen LogP contribution < -0.4 is 0 Å². The lowest BCUT2D eigenvalue weighted by Crippen LogP contribution is -2.10. The Kier molecular flexibility index (Phi) is 5.44. The number of ether oxygens (including phenoxy) is 1. The van der Waals surface area contributed by atoms with Crippen molar-refractivity contribution in [1.82, 2.24) is 4.98 Å². The van der Waals surface area contributed by atoms with Gasteiger partial charge in [-0.15, -0.1) is 0 Å². The van der Waals surface area contributed by atoms with Gasteiger partial charge in [-0.1, -0.05) is 48.5 Å². The standard InChI is InChI=1S/C22H23NO2/c1-16-14-21(23-20-11-7-6-10-19(16)20)18(12-13-22(24)25-2)15-17-8-4-3-5-9-17/h3-11,14,18H,12-13,15H2,1-2H3. The Bertz CT molecular complexity index is 858. The van der Waals surface area contributed by atoms with Crippen molar-refractivity contribution in [3.8, 4) is 0 Å². The second kappa shape index (κ2) is 7.93. The number of aryl methyl sites for hydroxylation is 1. The molecule has 0 spiro atoms. The van der Waals surface area contributed by atoms with Gasteiger partial charge in [0.15, 0.2) is 0 Å². The number of methoxy groups -OCH3 is 1. The van der Waals surface area contributed by atoms with E-state index in [2.05, 4.69) is 31.2 Å². The molecule has 1 heterocycles. The van der Waals surface area contributed by atoms with E-state index in [4.69, 9.17) is 9.72 Å². The van der Waals surface area contributed by atoms with Gasteiger partial charge in [0.05, 0.1) is 12.6 Å². The Morgan fingerprint density at radius 2 is 1.80 bits per heavy atom. The van der Waals surface area contributed by atoms with E-state index in [1.54, 1.807) is 0 Å². The van der Waals surface area contributed by atoms with Crippen molar-refractivity contribution in [2.75, 3.05) is 7.11 Å². The van der Waals surface area contributed by atoms with E-state index in [0.717, 1.165) is 24.1 Å². The monoisotopic (exact) mass is 333 g/mol. The summed E-state index contributed by atoms with van der Waals surface area (Å²) in [7, 11) is 1.44. The second-order valence-corrected chi connectivity index (χ2v) is 6.38. The molecule has 3 nitrogen and oxygen atoms in total. The first-order valence-corrected chi connectivity index (χ1v) is 8.64. The van der Waals surface area contributed by atoms with E-state index in [1.807, 2.05) is 36.4 Å². The predicted molar refractivity (Wildman–Crippen MR) is 101 cm³/mol. The van der Waals surface area contributed by atoms with E-state index in [1.165, 1.54) is 23.6 Å². The minimum Gasteiger partial charge on any atom is -0.469 e. The highest BCUT2D eigenvalue weighted by atomic mass is 16.5. The minimum atomic E-state index is -0.171.